The highest BCUT2D eigenvalue weighted by Crippen LogP contribution is 2.44. The number of thiophene rings is 1. The summed E-state index contributed by atoms with van der Waals surface area (Å²) >= 11 is 1.09. The Morgan fingerprint density at radius 1 is 1.32 bits per heavy atom. The lowest BCUT2D eigenvalue weighted by Gasteiger charge is -2.35. The molecule has 2 aliphatic rings. The topological polar surface area (TPSA) is 61.1 Å². The smallest absolute Gasteiger partial charge is 0.297 e. The molecule has 8 heteroatoms. The van der Waals surface area contributed by atoms with Crippen molar-refractivity contribution in [3.63, 3.8) is 0 Å². The van der Waals surface area contributed by atoms with Gasteiger partial charge in [-0.15, -0.1) is 11.3 Å². The number of aldehydes is 1. The number of hydrogen-bond donors (Lipinski definition) is 0. The van der Waals surface area contributed by atoms with Crippen LogP contribution in [0.4, 0.5) is 8.78 Å². The molecule has 0 aromatic carbocycles. The zero-order chi connectivity index (χ0) is 18.1. The minimum atomic E-state index is -2.66. The van der Waals surface area contributed by atoms with Crippen molar-refractivity contribution in [1.29, 1.82) is 0 Å². The molecule has 4 rings (SSSR count). The van der Waals surface area contributed by atoms with Gasteiger partial charge in [0.25, 0.3) is 5.56 Å². The molecule has 2 aromatic heterocycles. The van der Waals surface area contributed by atoms with Crippen LogP contribution in [-0.4, -0.2) is 21.3 Å². The van der Waals surface area contributed by atoms with Crippen LogP contribution in [0, 0.1) is 18.8 Å². The van der Waals surface area contributed by atoms with E-state index in [1.807, 2.05) is 6.92 Å². The average Bonchev–Trinajstić information content (AvgIpc) is 3.11. The Morgan fingerprint density at radius 3 is 2.48 bits per heavy atom. The average molecular weight is 368 g/mol. The van der Waals surface area contributed by atoms with Crippen molar-refractivity contribution in [1.82, 2.24) is 9.13 Å². The second-order valence-corrected chi connectivity index (χ2v) is 8.40. The maximum atomic E-state index is 13.2. The van der Waals surface area contributed by atoms with Gasteiger partial charge in [-0.05, 0) is 30.7 Å². The van der Waals surface area contributed by atoms with Crippen LogP contribution in [0.5, 0.6) is 0 Å². The van der Waals surface area contributed by atoms with Crippen LogP contribution in [0.15, 0.2) is 9.59 Å². The summed E-state index contributed by atoms with van der Waals surface area (Å²) in [5.41, 5.74) is -0.248. The molecule has 2 unspecified atom stereocenters. The molecular formula is C17H18F2N2O3S. The van der Waals surface area contributed by atoms with Gasteiger partial charge < -0.3 is 0 Å². The highest BCUT2D eigenvalue weighted by Gasteiger charge is 2.46. The quantitative estimate of drug-likeness (QED) is 0.780. The van der Waals surface area contributed by atoms with E-state index in [-0.39, 0.29) is 42.8 Å². The number of aryl methyl sites for hydroxylation is 1. The largest absolute Gasteiger partial charge is 0.332 e. The van der Waals surface area contributed by atoms with Crippen molar-refractivity contribution >= 4 is 27.8 Å². The predicted molar refractivity (Wildman–Crippen MR) is 91.0 cm³/mol. The number of aromatic nitrogens is 2. The highest BCUT2D eigenvalue weighted by atomic mass is 32.1. The van der Waals surface area contributed by atoms with Gasteiger partial charge in [0, 0.05) is 25.4 Å². The van der Waals surface area contributed by atoms with Crippen LogP contribution in [-0.2, 0) is 6.54 Å². The second kappa shape index (κ2) is 5.33. The van der Waals surface area contributed by atoms with Crippen LogP contribution >= 0.6 is 11.3 Å². The van der Waals surface area contributed by atoms with E-state index < -0.39 is 11.6 Å². The van der Waals surface area contributed by atoms with E-state index in [1.165, 1.54) is 9.13 Å². The molecule has 0 spiro atoms. The molecule has 25 heavy (non-hydrogen) atoms. The third-order valence-corrected chi connectivity index (χ3v) is 6.64. The third kappa shape index (κ3) is 2.49. The van der Waals surface area contributed by atoms with Crippen LogP contribution in [0.3, 0.4) is 0 Å². The molecule has 0 saturated heterocycles. The SMILES string of the molecule is Cc1c(C=O)sc2c1c(=O)n(C1CC1C)c(=O)n2CC1CC(F)(F)C1. The maximum Gasteiger partial charge on any atom is 0.332 e. The molecule has 0 bridgehead atoms. The number of nitrogens with zero attached hydrogens (tertiary/aromatic N) is 2. The van der Waals surface area contributed by atoms with Crippen molar-refractivity contribution < 1.29 is 13.6 Å². The molecule has 2 fully saturated rings. The molecule has 2 heterocycles. The molecule has 0 amide bonds. The van der Waals surface area contributed by atoms with E-state index in [1.54, 1.807) is 6.92 Å². The number of fused-ring (bicyclic) bond motifs is 1. The summed E-state index contributed by atoms with van der Waals surface area (Å²) < 4.78 is 29.0. The summed E-state index contributed by atoms with van der Waals surface area (Å²) in [5.74, 6) is -2.71. The lowest BCUT2D eigenvalue weighted by Crippen LogP contribution is -2.44. The lowest BCUT2D eigenvalue weighted by atomic mass is 9.81. The first-order valence-electron chi connectivity index (χ1n) is 8.35. The van der Waals surface area contributed by atoms with Gasteiger partial charge >= 0.3 is 5.69 Å². The Morgan fingerprint density at radius 2 is 1.96 bits per heavy atom. The Bertz CT molecular complexity index is 996. The molecule has 2 aliphatic carbocycles. The molecule has 0 radical (unpaired) electrons. The summed E-state index contributed by atoms with van der Waals surface area (Å²) in [6.07, 6.45) is 0.942. The van der Waals surface area contributed by atoms with Crippen molar-refractivity contribution in [3.8, 4) is 0 Å². The summed E-state index contributed by atoms with van der Waals surface area (Å²) in [6.45, 7) is 3.82. The second-order valence-electron chi connectivity index (χ2n) is 7.37. The Kier molecular flexibility index (Phi) is 3.55. The van der Waals surface area contributed by atoms with Crippen LogP contribution in [0.2, 0.25) is 0 Å². The monoisotopic (exact) mass is 368 g/mol. The number of alkyl halides is 2. The fourth-order valence-electron chi connectivity index (χ4n) is 3.78. The van der Waals surface area contributed by atoms with Gasteiger partial charge in [0.2, 0.25) is 5.92 Å². The maximum absolute atomic E-state index is 13.2. The van der Waals surface area contributed by atoms with Crippen molar-refractivity contribution in [2.24, 2.45) is 11.8 Å². The van der Waals surface area contributed by atoms with Crippen LogP contribution in [0.1, 0.15) is 47.5 Å². The summed E-state index contributed by atoms with van der Waals surface area (Å²) in [5, 5.41) is 0.372. The molecule has 0 aliphatic heterocycles. The van der Waals surface area contributed by atoms with Crippen LogP contribution in [0.25, 0.3) is 10.2 Å². The first kappa shape index (κ1) is 16.6. The van der Waals surface area contributed by atoms with E-state index in [9.17, 15) is 23.2 Å². The predicted octanol–water partition coefficient (Wildman–Crippen LogP) is 2.97. The molecule has 0 N–H and O–H groups in total. The number of rotatable bonds is 4. The first-order chi connectivity index (χ1) is 11.7. The van der Waals surface area contributed by atoms with Crippen molar-refractivity contribution in [2.45, 2.75) is 51.6 Å². The molecule has 134 valence electrons. The Labute approximate surface area is 145 Å². The van der Waals surface area contributed by atoms with E-state index in [0.717, 1.165) is 17.8 Å². The number of carbonyl (C=O) groups is 1. The van der Waals surface area contributed by atoms with Gasteiger partial charge in [-0.2, -0.15) is 0 Å². The standard InChI is InChI=1S/C17H18F2N2O3S/c1-8-3-11(8)21-14(23)13-9(2)12(7-22)25-15(13)20(16(21)24)6-10-4-17(18,19)5-10/h7-8,10-11H,3-6H2,1-2H3. The fraction of sp³-hybridized carbons (Fsp3) is 0.588. The minimum Gasteiger partial charge on any atom is -0.297 e. The van der Waals surface area contributed by atoms with E-state index in [2.05, 4.69) is 0 Å². The summed E-state index contributed by atoms with van der Waals surface area (Å²) in [7, 11) is 0. The number of halogens is 2. The van der Waals surface area contributed by atoms with E-state index >= 15 is 0 Å². The van der Waals surface area contributed by atoms with Gasteiger partial charge in [-0.1, -0.05) is 6.92 Å². The van der Waals surface area contributed by atoms with Gasteiger partial charge in [0.1, 0.15) is 4.83 Å². The summed E-state index contributed by atoms with van der Waals surface area (Å²) in [6, 6.07) is -0.141. The van der Waals surface area contributed by atoms with Crippen LogP contribution < -0.4 is 11.2 Å². The number of hydrogen-bond acceptors (Lipinski definition) is 4. The molecule has 2 saturated carbocycles. The van der Waals surface area contributed by atoms with E-state index in [0.29, 0.717) is 26.9 Å². The Balaban J connectivity index is 1.92. The molecule has 2 aromatic rings. The lowest BCUT2D eigenvalue weighted by molar-refractivity contribution is -0.114. The summed E-state index contributed by atoms with van der Waals surface area (Å²) in [4.78, 5) is 37.9. The molecule has 5 nitrogen and oxygen atoms in total. The van der Waals surface area contributed by atoms with Gasteiger partial charge in [0.05, 0.1) is 10.3 Å². The number of carbonyl (C=O) groups excluding carboxylic acids is 1. The highest BCUT2D eigenvalue weighted by molar-refractivity contribution is 7.20. The third-order valence-electron chi connectivity index (χ3n) is 5.40. The fourth-order valence-corrected chi connectivity index (χ4v) is 4.90. The van der Waals surface area contributed by atoms with Crippen molar-refractivity contribution in [2.75, 3.05) is 0 Å². The van der Waals surface area contributed by atoms with Crippen molar-refractivity contribution in [3.05, 3.63) is 31.3 Å². The Hall–Kier alpha value is -1.83. The van der Waals surface area contributed by atoms with Gasteiger partial charge in [-0.3, -0.25) is 18.7 Å². The normalized spacial score (nSPS) is 25.1. The zero-order valence-electron chi connectivity index (χ0n) is 13.9. The molecule has 2 atom stereocenters. The van der Waals surface area contributed by atoms with E-state index in [4.69, 9.17) is 0 Å². The minimum absolute atomic E-state index is 0.141. The zero-order valence-corrected chi connectivity index (χ0v) is 14.7. The molecular weight excluding hydrogens is 350 g/mol. The van der Waals surface area contributed by atoms with Gasteiger partial charge in [-0.25, -0.2) is 13.6 Å². The van der Waals surface area contributed by atoms with Gasteiger partial charge in [0.15, 0.2) is 6.29 Å². The first-order valence-corrected chi connectivity index (χ1v) is 9.16.